The molecule has 1 atom stereocenters. The highest BCUT2D eigenvalue weighted by atomic mass is 28.1. The number of nitrogens with zero attached hydrogens (tertiary/aromatic N) is 2. The summed E-state index contributed by atoms with van der Waals surface area (Å²) in [5, 5.41) is 0.157. The Bertz CT molecular complexity index is 495. The van der Waals surface area contributed by atoms with E-state index in [0.717, 1.165) is 23.2 Å². The molecule has 0 aliphatic heterocycles. The summed E-state index contributed by atoms with van der Waals surface area (Å²) in [5.74, 6) is -0.161. The molecule has 0 saturated carbocycles. The first-order valence-corrected chi connectivity index (χ1v) is 7.86. The second kappa shape index (κ2) is 6.15. The van der Waals surface area contributed by atoms with Gasteiger partial charge in [-0.05, 0) is 29.2 Å². The van der Waals surface area contributed by atoms with Gasteiger partial charge in [0.15, 0.2) is 0 Å². The van der Waals surface area contributed by atoms with Gasteiger partial charge in [0.25, 0.3) is 0 Å². The van der Waals surface area contributed by atoms with Crippen LogP contribution in [0.15, 0.2) is 43.0 Å². The zero-order chi connectivity index (χ0) is 13.7. The van der Waals surface area contributed by atoms with Crippen LogP contribution in [0.3, 0.4) is 0 Å². The molecule has 0 spiro atoms. The molecule has 0 fully saturated rings. The maximum absolute atomic E-state index is 13.1. The summed E-state index contributed by atoms with van der Waals surface area (Å²) in [5.41, 5.74) is 1.25. The molecule has 1 unspecified atom stereocenters. The van der Waals surface area contributed by atoms with Crippen LogP contribution in [0.4, 0.5) is 4.39 Å². The van der Waals surface area contributed by atoms with Crippen LogP contribution < -0.4 is 0 Å². The van der Waals surface area contributed by atoms with Crippen LogP contribution in [-0.2, 0) is 11.6 Å². The van der Waals surface area contributed by atoms with Crippen molar-refractivity contribution >= 4 is 10.2 Å². The monoisotopic (exact) mass is 276 g/mol. The fraction of sp³-hybridized carbons (Fsp3) is 0.400. The highest BCUT2D eigenvalue weighted by Crippen LogP contribution is 2.29. The minimum atomic E-state index is -0.161. The smallest absolute Gasteiger partial charge is 0.123 e. The maximum Gasteiger partial charge on any atom is 0.123 e. The van der Waals surface area contributed by atoms with Gasteiger partial charge in [-0.1, -0.05) is 31.9 Å². The Hall–Kier alpha value is -1.42. The number of halogens is 1. The molecule has 1 heterocycles. The number of benzene rings is 1. The van der Waals surface area contributed by atoms with Gasteiger partial charge >= 0.3 is 0 Å². The van der Waals surface area contributed by atoms with E-state index in [1.165, 1.54) is 18.4 Å². The average molecular weight is 276 g/mol. The largest absolute Gasteiger partial charge is 0.337 e. The van der Waals surface area contributed by atoms with Crippen LogP contribution in [0.1, 0.15) is 31.7 Å². The quantitative estimate of drug-likeness (QED) is 0.741. The Kier molecular flexibility index (Phi) is 4.53. The van der Waals surface area contributed by atoms with Gasteiger partial charge in [0.2, 0.25) is 0 Å². The van der Waals surface area contributed by atoms with Crippen LogP contribution in [-0.4, -0.2) is 19.8 Å². The second-order valence-electron chi connectivity index (χ2n) is 5.41. The van der Waals surface area contributed by atoms with E-state index < -0.39 is 0 Å². The topological polar surface area (TPSA) is 17.8 Å². The summed E-state index contributed by atoms with van der Waals surface area (Å²) in [4.78, 5) is 4.11. The Labute approximate surface area is 117 Å². The zero-order valence-electron chi connectivity index (χ0n) is 11.6. The first-order valence-electron chi connectivity index (χ1n) is 6.86. The molecule has 1 aromatic heterocycles. The van der Waals surface area contributed by atoms with Crippen molar-refractivity contribution in [2.75, 3.05) is 0 Å². The highest BCUT2D eigenvalue weighted by molar-refractivity contribution is 6.15. The zero-order valence-corrected chi connectivity index (χ0v) is 13.6. The Morgan fingerprint density at radius 2 is 2.05 bits per heavy atom. The average Bonchev–Trinajstić information content (AvgIpc) is 2.90. The molecule has 0 aliphatic carbocycles. The van der Waals surface area contributed by atoms with Crippen molar-refractivity contribution in [3.8, 4) is 0 Å². The van der Waals surface area contributed by atoms with Gasteiger partial charge in [0.05, 0.1) is 6.33 Å². The van der Waals surface area contributed by atoms with E-state index in [-0.39, 0.29) is 10.9 Å². The lowest BCUT2D eigenvalue weighted by molar-refractivity contribution is 0.449. The lowest BCUT2D eigenvalue weighted by Gasteiger charge is -2.31. The van der Waals surface area contributed by atoms with Crippen molar-refractivity contribution in [3.05, 3.63) is 54.4 Å². The maximum atomic E-state index is 13.1. The van der Waals surface area contributed by atoms with Crippen molar-refractivity contribution in [1.29, 1.82) is 0 Å². The summed E-state index contributed by atoms with van der Waals surface area (Å²) in [7, 11) is 1.04. The lowest BCUT2D eigenvalue weighted by Crippen LogP contribution is -2.32. The fourth-order valence-corrected chi connectivity index (χ4v) is 3.57. The van der Waals surface area contributed by atoms with Crippen LogP contribution in [0.5, 0.6) is 0 Å². The molecule has 4 heteroatoms. The van der Waals surface area contributed by atoms with E-state index in [9.17, 15) is 4.39 Å². The number of hydrogen-bond donors (Lipinski definition) is 0. The Morgan fingerprint density at radius 3 is 2.63 bits per heavy atom. The fourth-order valence-electron chi connectivity index (χ4n) is 2.52. The summed E-state index contributed by atoms with van der Waals surface area (Å²) in [6.45, 7) is 3.15. The molecule has 0 amide bonds. The first kappa shape index (κ1) is 14.0. The predicted molar refractivity (Wildman–Crippen MR) is 79.8 cm³/mol. The minimum absolute atomic E-state index is 0.157. The van der Waals surface area contributed by atoms with Crippen LogP contribution in [0.2, 0.25) is 0 Å². The number of aromatic nitrogens is 2. The van der Waals surface area contributed by atoms with E-state index >= 15 is 0 Å². The van der Waals surface area contributed by atoms with Gasteiger partial charge in [-0.2, -0.15) is 0 Å². The molecule has 0 N–H and O–H groups in total. The van der Waals surface area contributed by atoms with Gasteiger partial charge in [-0.15, -0.1) is 0 Å². The van der Waals surface area contributed by atoms with Gasteiger partial charge in [-0.25, -0.2) is 9.37 Å². The summed E-state index contributed by atoms with van der Waals surface area (Å²) in [6.07, 6.45) is 9.22. The third-order valence-electron chi connectivity index (χ3n) is 3.71. The first-order chi connectivity index (χ1) is 9.14. The van der Waals surface area contributed by atoms with Crippen LogP contribution >= 0.6 is 0 Å². The third kappa shape index (κ3) is 3.53. The number of unbranched alkanes of at least 4 members (excludes halogenated alkanes) is 1. The van der Waals surface area contributed by atoms with E-state index in [1.54, 1.807) is 12.1 Å². The van der Waals surface area contributed by atoms with Gasteiger partial charge < -0.3 is 4.57 Å². The summed E-state index contributed by atoms with van der Waals surface area (Å²) >= 11 is 0. The molecule has 19 heavy (non-hydrogen) atoms. The molecule has 0 saturated heterocycles. The number of imidazole rings is 1. The normalized spacial score (nSPS) is 14.4. The predicted octanol–water partition coefficient (Wildman–Crippen LogP) is 2.47. The lowest BCUT2D eigenvalue weighted by atomic mass is 9.92. The highest BCUT2D eigenvalue weighted by Gasteiger charge is 2.26. The molecule has 102 valence electrons. The van der Waals surface area contributed by atoms with Crippen molar-refractivity contribution in [1.82, 2.24) is 9.55 Å². The molecular weight excluding hydrogens is 255 g/mol. The second-order valence-corrected chi connectivity index (χ2v) is 7.32. The molecule has 0 bridgehead atoms. The molecular formula is C15H21FN2Si. The van der Waals surface area contributed by atoms with Crippen molar-refractivity contribution < 1.29 is 4.39 Å². The van der Waals surface area contributed by atoms with Crippen molar-refractivity contribution in [2.45, 2.75) is 37.8 Å². The third-order valence-corrected chi connectivity index (χ3v) is 5.11. The molecule has 2 aromatic rings. The number of rotatable bonds is 6. The van der Waals surface area contributed by atoms with Crippen LogP contribution in [0.25, 0.3) is 0 Å². The molecule has 0 aliphatic rings. The molecule has 0 radical (unpaired) electrons. The standard InChI is InChI=1S/C15H21FN2Si/c1-2-3-8-15(19,11-18-10-9-17-12-18)13-4-6-14(16)7-5-13/h4-7,9-10,12H,2-3,8,11H2,1,19H3. The Morgan fingerprint density at radius 1 is 1.32 bits per heavy atom. The summed E-state index contributed by atoms with van der Waals surface area (Å²) in [6, 6.07) is 7.02. The SMILES string of the molecule is CCCCC([SiH3])(Cn1ccnc1)c1ccc(F)cc1. The molecule has 1 aromatic carbocycles. The van der Waals surface area contributed by atoms with E-state index in [4.69, 9.17) is 0 Å². The van der Waals surface area contributed by atoms with E-state index in [2.05, 4.69) is 16.5 Å². The van der Waals surface area contributed by atoms with E-state index in [0.29, 0.717) is 0 Å². The molecule has 2 rings (SSSR count). The minimum Gasteiger partial charge on any atom is -0.337 e. The van der Waals surface area contributed by atoms with E-state index in [1.807, 2.05) is 30.9 Å². The molecule has 2 nitrogen and oxygen atoms in total. The van der Waals surface area contributed by atoms with Crippen LogP contribution in [0, 0.1) is 5.82 Å². The van der Waals surface area contributed by atoms with Crippen molar-refractivity contribution in [3.63, 3.8) is 0 Å². The van der Waals surface area contributed by atoms with Gasteiger partial charge in [0, 0.05) is 29.2 Å². The number of hydrogen-bond acceptors (Lipinski definition) is 1. The van der Waals surface area contributed by atoms with Gasteiger partial charge in [0.1, 0.15) is 5.82 Å². The van der Waals surface area contributed by atoms with Crippen molar-refractivity contribution in [2.24, 2.45) is 0 Å². The Balaban J connectivity index is 2.25. The van der Waals surface area contributed by atoms with Gasteiger partial charge in [-0.3, -0.25) is 0 Å². The summed E-state index contributed by atoms with van der Waals surface area (Å²) < 4.78 is 15.2.